The summed E-state index contributed by atoms with van der Waals surface area (Å²) in [5.41, 5.74) is 0.492. The quantitative estimate of drug-likeness (QED) is 0.614. The Morgan fingerprint density at radius 2 is 1.91 bits per heavy atom. The molecule has 0 radical (unpaired) electrons. The molecule has 1 aliphatic rings. The van der Waals surface area contributed by atoms with Crippen molar-refractivity contribution >= 4 is 5.69 Å². The number of rotatable bonds is 5. The summed E-state index contributed by atoms with van der Waals surface area (Å²) in [6, 6.07) is 5.09. The SMILES string of the molecule is CC(C)(C)c1c(OCCN2CCCCC2)cccc1[N+](=O)[O-]. The average Bonchev–Trinajstić information content (AvgIpc) is 2.47. The molecule has 0 atom stereocenters. The van der Waals surface area contributed by atoms with Gasteiger partial charge in [0.25, 0.3) is 5.69 Å². The first-order valence-corrected chi connectivity index (χ1v) is 8.02. The van der Waals surface area contributed by atoms with E-state index in [0.29, 0.717) is 17.9 Å². The molecule has 0 amide bonds. The number of ether oxygens (including phenoxy) is 1. The summed E-state index contributed by atoms with van der Waals surface area (Å²) in [5.74, 6) is 0.638. The second-order valence-electron chi connectivity index (χ2n) is 6.91. The lowest BCUT2D eigenvalue weighted by Crippen LogP contribution is -2.33. The van der Waals surface area contributed by atoms with Crippen molar-refractivity contribution < 1.29 is 9.66 Å². The van der Waals surface area contributed by atoms with E-state index in [1.54, 1.807) is 12.1 Å². The molecule has 0 aliphatic carbocycles. The monoisotopic (exact) mass is 306 g/mol. The van der Waals surface area contributed by atoms with E-state index in [2.05, 4.69) is 4.90 Å². The molecule has 0 bridgehead atoms. The van der Waals surface area contributed by atoms with Crippen LogP contribution in [0.2, 0.25) is 0 Å². The van der Waals surface area contributed by atoms with Gasteiger partial charge in [0.2, 0.25) is 0 Å². The van der Waals surface area contributed by atoms with E-state index in [1.165, 1.54) is 19.3 Å². The molecule has 2 rings (SSSR count). The molecular formula is C17H26N2O3. The van der Waals surface area contributed by atoms with Gasteiger partial charge in [-0.15, -0.1) is 0 Å². The standard InChI is InChI=1S/C17H26N2O3/c1-17(2,3)16-14(19(20)21)8-7-9-15(16)22-13-12-18-10-5-4-6-11-18/h7-9H,4-6,10-13H2,1-3H3. The van der Waals surface area contributed by atoms with Gasteiger partial charge in [-0.25, -0.2) is 0 Å². The van der Waals surface area contributed by atoms with Crippen molar-refractivity contribution in [2.75, 3.05) is 26.2 Å². The summed E-state index contributed by atoms with van der Waals surface area (Å²) in [5, 5.41) is 11.3. The first-order valence-electron chi connectivity index (χ1n) is 8.02. The van der Waals surface area contributed by atoms with E-state index < -0.39 is 0 Å². The van der Waals surface area contributed by atoms with Crippen LogP contribution >= 0.6 is 0 Å². The summed E-state index contributed by atoms with van der Waals surface area (Å²) < 4.78 is 5.91. The number of likely N-dealkylation sites (tertiary alicyclic amines) is 1. The van der Waals surface area contributed by atoms with Crippen molar-refractivity contribution in [1.82, 2.24) is 4.90 Å². The summed E-state index contributed by atoms with van der Waals surface area (Å²) in [6.07, 6.45) is 3.82. The van der Waals surface area contributed by atoms with E-state index in [1.807, 2.05) is 26.8 Å². The van der Waals surface area contributed by atoms with E-state index in [9.17, 15) is 10.1 Å². The molecule has 1 fully saturated rings. The zero-order chi connectivity index (χ0) is 16.2. The van der Waals surface area contributed by atoms with Gasteiger partial charge in [-0.2, -0.15) is 0 Å². The van der Waals surface area contributed by atoms with Gasteiger partial charge < -0.3 is 4.74 Å². The van der Waals surface area contributed by atoms with Gasteiger partial charge >= 0.3 is 0 Å². The first-order chi connectivity index (χ1) is 10.4. The molecule has 1 aliphatic heterocycles. The van der Waals surface area contributed by atoms with Crippen molar-refractivity contribution in [3.8, 4) is 5.75 Å². The van der Waals surface area contributed by atoms with Gasteiger partial charge in [-0.05, 0) is 37.4 Å². The Morgan fingerprint density at radius 1 is 1.23 bits per heavy atom. The Balaban J connectivity index is 2.09. The third-order valence-corrected chi connectivity index (χ3v) is 4.06. The summed E-state index contributed by atoms with van der Waals surface area (Å²) in [7, 11) is 0. The Bertz CT molecular complexity index is 517. The van der Waals surface area contributed by atoms with Crippen molar-refractivity contribution in [2.24, 2.45) is 0 Å². The van der Waals surface area contributed by atoms with Gasteiger partial charge in [0.1, 0.15) is 12.4 Å². The molecule has 0 aromatic heterocycles. The molecule has 1 heterocycles. The van der Waals surface area contributed by atoms with Crippen LogP contribution in [0.4, 0.5) is 5.69 Å². The minimum absolute atomic E-state index is 0.142. The molecule has 0 unspecified atom stereocenters. The van der Waals surface area contributed by atoms with Crippen LogP contribution in [0.5, 0.6) is 5.75 Å². The highest BCUT2D eigenvalue weighted by Crippen LogP contribution is 2.38. The number of piperidine rings is 1. The van der Waals surface area contributed by atoms with Gasteiger partial charge in [0.05, 0.1) is 10.5 Å². The number of nitrogens with zero attached hydrogens (tertiary/aromatic N) is 2. The topological polar surface area (TPSA) is 55.6 Å². The molecule has 5 heteroatoms. The second-order valence-corrected chi connectivity index (χ2v) is 6.91. The maximum absolute atomic E-state index is 11.3. The predicted molar refractivity (Wildman–Crippen MR) is 87.6 cm³/mol. The van der Waals surface area contributed by atoms with E-state index in [0.717, 1.165) is 19.6 Å². The molecular weight excluding hydrogens is 280 g/mol. The highest BCUT2D eigenvalue weighted by Gasteiger charge is 2.29. The molecule has 0 N–H and O–H groups in total. The molecule has 0 spiro atoms. The minimum atomic E-state index is -0.329. The lowest BCUT2D eigenvalue weighted by Gasteiger charge is -2.27. The lowest BCUT2D eigenvalue weighted by molar-refractivity contribution is -0.386. The van der Waals surface area contributed by atoms with Crippen molar-refractivity contribution in [3.63, 3.8) is 0 Å². The number of nitro groups is 1. The van der Waals surface area contributed by atoms with Crippen molar-refractivity contribution in [1.29, 1.82) is 0 Å². The fraction of sp³-hybridized carbons (Fsp3) is 0.647. The van der Waals surface area contributed by atoms with Crippen LogP contribution in [-0.2, 0) is 5.41 Å². The molecule has 1 aromatic carbocycles. The zero-order valence-electron chi connectivity index (χ0n) is 13.8. The van der Waals surface area contributed by atoms with Crippen molar-refractivity contribution in [2.45, 2.75) is 45.4 Å². The number of nitro benzene ring substituents is 1. The Morgan fingerprint density at radius 3 is 2.50 bits per heavy atom. The molecule has 1 saturated heterocycles. The Kier molecular flexibility index (Phi) is 5.40. The fourth-order valence-electron chi connectivity index (χ4n) is 3.01. The number of hydrogen-bond acceptors (Lipinski definition) is 4. The van der Waals surface area contributed by atoms with E-state index in [4.69, 9.17) is 4.74 Å². The van der Waals surface area contributed by atoms with Gasteiger partial charge in [-0.1, -0.05) is 33.3 Å². The van der Waals surface area contributed by atoms with Crippen LogP contribution in [0.15, 0.2) is 18.2 Å². The molecule has 22 heavy (non-hydrogen) atoms. The Labute approximate surface area is 132 Å². The van der Waals surface area contributed by atoms with E-state index in [-0.39, 0.29) is 16.0 Å². The normalized spacial score (nSPS) is 16.5. The van der Waals surface area contributed by atoms with Crippen LogP contribution in [-0.4, -0.2) is 36.1 Å². The van der Waals surface area contributed by atoms with Gasteiger partial charge in [0, 0.05) is 12.6 Å². The molecule has 0 saturated carbocycles. The van der Waals surface area contributed by atoms with Crippen LogP contribution in [0, 0.1) is 10.1 Å². The van der Waals surface area contributed by atoms with Gasteiger partial charge in [0.15, 0.2) is 0 Å². The largest absolute Gasteiger partial charge is 0.492 e. The highest BCUT2D eigenvalue weighted by molar-refractivity contribution is 5.53. The third kappa shape index (κ3) is 4.19. The highest BCUT2D eigenvalue weighted by atomic mass is 16.6. The van der Waals surface area contributed by atoms with Gasteiger partial charge in [-0.3, -0.25) is 15.0 Å². The second kappa shape index (κ2) is 7.09. The molecule has 122 valence electrons. The average molecular weight is 306 g/mol. The molecule has 5 nitrogen and oxygen atoms in total. The molecule has 1 aromatic rings. The summed E-state index contributed by atoms with van der Waals surface area (Å²) in [6.45, 7) is 9.65. The first kappa shape index (κ1) is 16.7. The maximum Gasteiger partial charge on any atom is 0.276 e. The van der Waals surface area contributed by atoms with Crippen LogP contribution in [0.1, 0.15) is 45.6 Å². The smallest absolute Gasteiger partial charge is 0.276 e. The van der Waals surface area contributed by atoms with Crippen LogP contribution in [0.3, 0.4) is 0 Å². The summed E-state index contributed by atoms with van der Waals surface area (Å²) in [4.78, 5) is 13.4. The fourth-order valence-corrected chi connectivity index (χ4v) is 3.01. The van der Waals surface area contributed by atoms with Crippen molar-refractivity contribution in [3.05, 3.63) is 33.9 Å². The lowest BCUT2D eigenvalue weighted by atomic mass is 9.85. The van der Waals surface area contributed by atoms with Crippen LogP contribution < -0.4 is 4.74 Å². The zero-order valence-corrected chi connectivity index (χ0v) is 13.8. The van der Waals surface area contributed by atoms with Crippen LogP contribution in [0.25, 0.3) is 0 Å². The Hall–Kier alpha value is -1.62. The number of hydrogen-bond donors (Lipinski definition) is 0. The minimum Gasteiger partial charge on any atom is -0.492 e. The predicted octanol–water partition coefficient (Wildman–Crippen LogP) is 3.76. The third-order valence-electron chi connectivity index (χ3n) is 4.06. The summed E-state index contributed by atoms with van der Waals surface area (Å²) >= 11 is 0. The maximum atomic E-state index is 11.3. The number of benzene rings is 1. The van der Waals surface area contributed by atoms with E-state index >= 15 is 0 Å².